The molecule has 0 aliphatic heterocycles. The fourth-order valence-corrected chi connectivity index (χ4v) is 4.45. The Morgan fingerprint density at radius 2 is 1.79 bits per heavy atom. The number of aromatic nitrogens is 2. The van der Waals surface area contributed by atoms with Gasteiger partial charge in [-0.25, -0.2) is 12.8 Å². The van der Waals surface area contributed by atoms with Crippen LogP contribution in [0.1, 0.15) is 29.2 Å². The maximum absolute atomic E-state index is 13.7. The minimum absolute atomic E-state index is 0.0903. The molecule has 0 atom stereocenters. The van der Waals surface area contributed by atoms with Crippen LogP contribution in [0.25, 0.3) is 0 Å². The number of anilines is 2. The number of sulfonamides is 1. The first-order valence-electron chi connectivity index (χ1n) is 8.76. The largest absolute Gasteiger partial charge is 0.296 e. The molecular weight excluding hydrogens is 415 g/mol. The summed E-state index contributed by atoms with van der Waals surface area (Å²) in [6, 6.07) is 10.8. The third-order valence-corrected chi connectivity index (χ3v) is 6.06. The molecule has 10 heteroatoms. The SMILES string of the molecule is CC(C)Cc1nnc(NC(=O)c2ccc(S(=O)(=O)Nc3ccccc3F)cc2)s1. The molecule has 0 bridgehead atoms. The Balaban J connectivity index is 1.69. The summed E-state index contributed by atoms with van der Waals surface area (Å²) in [4.78, 5) is 12.3. The normalized spacial score (nSPS) is 11.4. The molecule has 1 heterocycles. The van der Waals surface area contributed by atoms with Crippen molar-refractivity contribution < 1.29 is 17.6 Å². The lowest BCUT2D eigenvalue weighted by Crippen LogP contribution is -2.15. The summed E-state index contributed by atoms with van der Waals surface area (Å²) >= 11 is 1.30. The number of halogens is 1. The van der Waals surface area contributed by atoms with Crippen molar-refractivity contribution in [3.05, 3.63) is 64.9 Å². The van der Waals surface area contributed by atoms with Gasteiger partial charge in [-0.15, -0.1) is 10.2 Å². The number of benzene rings is 2. The highest BCUT2D eigenvalue weighted by Gasteiger charge is 2.17. The van der Waals surface area contributed by atoms with Crippen LogP contribution in [0, 0.1) is 11.7 Å². The number of para-hydroxylation sites is 1. The molecule has 0 radical (unpaired) electrons. The Morgan fingerprint density at radius 3 is 2.45 bits per heavy atom. The molecule has 2 aromatic carbocycles. The summed E-state index contributed by atoms with van der Waals surface area (Å²) in [5.41, 5.74) is 0.109. The van der Waals surface area contributed by atoms with Gasteiger partial charge in [-0.3, -0.25) is 14.8 Å². The number of carbonyl (C=O) groups is 1. The molecule has 1 amide bonds. The van der Waals surface area contributed by atoms with E-state index in [4.69, 9.17) is 0 Å². The summed E-state index contributed by atoms with van der Waals surface area (Å²) in [7, 11) is -3.99. The van der Waals surface area contributed by atoms with Crippen LogP contribution in [-0.2, 0) is 16.4 Å². The van der Waals surface area contributed by atoms with E-state index in [1.165, 1.54) is 53.8 Å². The van der Waals surface area contributed by atoms with Crippen LogP contribution >= 0.6 is 11.3 Å². The third kappa shape index (κ3) is 5.36. The second-order valence-electron chi connectivity index (χ2n) is 6.66. The quantitative estimate of drug-likeness (QED) is 0.587. The van der Waals surface area contributed by atoms with Crippen molar-refractivity contribution in [1.82, 2.24) is 10.2 Å². The predicted octanol–water partition coefficient (Wildman–Crippen LogP) is 3.93. The average Bonchev–Trinajstić information content (AvgIpc) is 3.09. The second-order valence-corrected chi connectivity index (χ2v) is 9.41. The van der Waals surface area contributed by atoms with Gasteiger partial charge in [0.15, 0.2) is 0 Å². The number of carbonyl (C=O) groups excluding carboxylic acids is 1. The maximum atomic E-state index is 13.7. The standard InChI is InChI=1S/C19H19FN4O3S2/c1-12(2)11-17-22-23-19(28-17)21-18(25)13-7-9-14(10-8-13)29(26,27)24-16-6-4-3-5-15(16)20/h3-10,12,24H,11H2,1-2H3,(H,21,23,25). The predicted molar refractivity (Wildman–Crippen MR) is 110 cm³/mol. The zero-order valence-corrected chi connectivity index (χ0v) is 17.3. The van der Waals surface area contributed by atoms with Crippen molar-refractivity contribution in [2.45, 2.75) is 25.2 Å². The maximum Gasteiger partial charge on any atom is 0.261 e. The monoisotopic (exact) mass is 434 g/mol. The topological polar surface area (TPSA) is 101 Å². The minimum Gasteiger partial charge on any atom is -0.296 e. The van der Waals surface area contributed by atoms with Crippen molar-refractivity contribution in [2.24, 2.45) is 5.92 Å². The molecule has 0 unspecified atom stereocenters. The van der Waals surface area contributed by atoms with Gasteiger partial charge in [0.05, 0.1) is 10.6 Å². The highest BCUT2D eigenvalue weighted by atomic mass is 32.2. The molecule has 2 N–H and O–H groups in total. The molecule has 0 aliphatic carbocycles. The molecule has 0 spiro atoms. The minimum atomic E-state index is -3.99. The first-order chi connectivity index (χ1) is 13.7. The fourth-order valence-electron chi connectivity index (χ4n) is 2.44. The van der Waals surface area contributed by atoms with Crippen LogP contribution in [0.4, 0.5) is 15.2 Å². The van der Waals surface area contributed by atoms with E-state index in [2.05, 4.69) is 34.1 Å². The van der Waals surface area contributed by atoms with Crippen LogP contribution in [0.5, 0.6) is 0 Å². The molecule has 0 saturated carbocycles. The first-order valence-corrected chi connectivity index (χ1v) is 11.1. The van der Waals surface area contributed by atoms with Crippen molar-refractivity contribution in [1.29, 1.82) is 0 Å². The fraction of sp³-hybridized carbons (Fsp3) is 0.211. The Kier molecular flexibility index (Phi) is 6.23. The molecule has 152 valence electrons. The van der Waals surface area contributed by atoms with Gasteiger partial charge in [-0.1, -0.05) is 37.3 Å². The molecule has 29 heavy (non-hydrogen) atoms. The van der Waals surface area contributed by atoms with Crippen LogP contribution in [0.15, 0.2) is 53.4 Å². The van der Waals surface area contributed by atoms with E-state index in [9.17, 15) is 17.6 Å². The number of amides is 1. The molecular formula is C19H19FN4O3S2. The smallest absolute Gasteiger partial charge is 0.261 e. The second kappa shape index (κ2) is 8.66. The van der Waals surface area contributed by atoms with Crippen molar-refractivity contribution in [3.63, 3.8) is 0 Å². The Bertz CT molecular complexity index is 1110. The van der Waals surface area contributed by atoms with E-state index in [0.717, 1.165) is 17.5 Å². The van der Waals surface area contributed by atoms with Gasteiger partial charge < -0.3 is 0 Å². The number of rotatable bonds is 7. The third-order valence-electron chi connectivity index (χ3n) is 3.82. The Hall–Kier alpha value is -2.85. The van der Waals surface area contributed by atoms with E-state index in [1.54, 1.807) is 0 Å². The molecule has 1 aromatic heterocycles. The van der Waals surface area contributed by atoms with E-state index < -0.39 is 21.7 Å². The van der Waals surface area contributed by atoms with Gasteiger partial charge in [0.25, 0.3) is 15.9 Å². The van der Waals surface area contributed by atoms with Crippen molar-refractivity contribution in [3.8, 4) is 0 Å². The highest BCUT2D eigenvalue weighted by Crippen LogP contribution is 2.21. The van der Waals surface area contributed by atoms with Crippen molar-refractivity contribution >= 4 is 38.1 Å². The highest BCUT2D eigenvalue weighted by molar-refractivity contribution is 7.92. The van der Waals surface area contributed by atoms with Gasteiger partial charge >= 0.3 is 0 Å². The Labute approximate surface area is 172 Å². The van der Waals surface area contributed by atoms with Crippen LogP contribution in [0.2, 0.25) is 0 Å². The molecule has 3 aromatic rings. The summed E-state index contributed by atoms with van der Waals surface area (Å²) < 4.78 is 40.7. The molecule has 0 saturated heterocycles. The lowest BCUT2D eigenvalue weighted by Gasteiger charge is -2.09. The van der Waals surface area contributed by atoms with Crippen LogP contribution < -0.4 is 10.0 Å². The molecule has 0 aliphatic rings. The number of hydrogen-bond acceptors (Lipinski definition) is 6. The van der Waals surface area contributed by atoms with Gasteiger partial charge in [0.2, 0.25) is 5.13 Å². The van der Waals surface area contributed by atoms with E-state index in [1.807, 2.05) is 0 Å². The average molecular weight is 435 g/mol. The van der Waals surface area contributed by atoms with Gasteiger partial charge in [-0.2, -0.15) is 0 Å². The van der Waals surface area contributed by atoms with Gasteiger partial charge in [0.1, 0.15) is 10.8 Å². The lowest BCUT2D eigenvalue weighted by atomic mass is 10.1. The summed E-state index contributed by atoms with van der Waals surface area (Å²) in [5, 5.41) is 11.8. The van der Waals surface area contributed by atoms with Gasteiger partial charge in [-0.05, 0) is 42.3 Å². The summed E-state index contributed by atoms with van der Waals surface area (Å²) in [6.45, 7) is 4.13. The zero-order chi connectivity index (χ0) is 21.0. The van der Waals surface area contributed by atoms with Crippen LogP contribution in [-0.4, -0.2) is 24.5 Å². The van der Waals surface area contributed by atoms with E-state index in [0.29, 0.717) is 11.0 Å². The molecule has 7 nitrogen and oxygen atoms in total. The number of hydrogen-bond donors (Lipinski definition) is 2. The van der Waals surface area contributed by atoms with E-state index >= 15 is 0 Å². The Morgan fingerprint density at radius 1 is 1.10 bits per heavy atom. The van der Waals surface area contributed by atoms with Crippen LogP contribution in [0.3, 0.4) is 0 Å². The van der Waals surface area contributed by atoms with Gasteiger partial charge in [0, 0.05) is 12.0 Å². The first kappa shape index (κ1) is 20.9. The van der Waals surface area contributed by atoms with E-state index in [-0.39, 0.29) is 16.1 Å². The summed E-state index contributed by atoms with van der Waals surface area (Å²) in [6.07, 6.45) is 0.773. The zero-order valence-electron chi connectivity index (χ0n) is 15.7. The van der Waals surface area contributed by atoms with Crippen molar-refractivity contribution in [2.75, 3.05) is 10.0 Å². The molecule has 3 rings (SSSR count). The molecule has 0 fully saturated rings. The number of nitrogens with zero attached hydrogens (tertiary/aromatic N) is 2. The number of nitrogens with one attached hydrogen (secondary N) is 2. The summed E-state index contributed by atoms with van der Waals surface area (Å²) in [5.74, 6) is -0.678. The lowest BCUT2D eigenvalue weighted by molar-refractivity contribution is 0.102.